The Morgan fingerprint density at radius 2 is 1.55 bits per heavy atom. The SMILES string of the molecule is N#CCC(=NC1CCCCC1)N(C#N)C1CCCCC1. The normalized spacial score (nSPS) is 22.0. The van der Waals surface area contributed by atoms with Gasteiger partial charge in [-0.05, 0) is 25.7 Å². The molecule has 2 aliphatic carbocycles. The van der Waals surface area contributed by atoms with Crippen molar-refractivity contribution in [2.45, 2.75) is 82.7 Å². The Morgan fingerprint density at radius 1 is 0.950 bits per heavy atom. The van der Waals surface area contributed by atoms with Crippen LogP contribution in [-0.2, 0) is 0 Å². The molecule has 0 amide bonds. The molecule has 0 aromatic carbocycles. The van der Waals surface area contributed by atoms with Crippen LogP contribution in [0.4, 0.5) is 0 Å². The van der Waals surface area contributed by atoms with Crippen molar-refractivity contribution in [2.75, 3.05) is 0 Å². The molecule has 0 unspecified atom stereocenters. The maximum atomic E-state index is 9.49. The van der Waals surface area contributed by atoms with Crippen LogP contribution in [0.1, 0.15) is 70.6 Å². The number of amidine groups is 1. The number of hydrogen-bond donors (Lipinski definition) is 0. The molecular weight excluding hydrogens is 248 g/mol. The van der Waals surface area contributed by atoms with Gasteiger partial charge >= 0.3 is 0 Å². The largest absolute Gasteiger partial charge is 0.267 e. The molecule has 0 atom stereocenters. The third-order valence-corrected chi connectivity index (χ3v) is 4.47. The lowest BCUT2D eigenvalue weighted by atomic mass is 9.94. The maximum absolute atomic E-state index is 9.49. The van der Waals surface area contributed by atoms with Gasteiger partial charge in [-0.25, -0.2) is 0 Å². The Morgan fingerprint density at radius 3 is 2.10 bits per heavy atom. The van der Waals surface area contributed by atoms with Gasteiger partial charge in [0.25, 0.3) is 0 Å². The van der Waals surface area contributed by atoms with Crippen LogP contribution in [0.15, 0.2) is 4.99 Å². The first-order chi connectivity index (χ1) is 9.85. The summed E-state index contributed by atoms with van der Waals surface area (Å²) in [6.07, 6.45) is 14.3. The molecule has 2 saturated carbocycles. The molecule has 2 aliphatic rings. The average Bonchev–Trinajstić information content (AvgIpc) is 2.50. The summed E-state index contributed by atoms with van der Waals surface area (Å²) in [6, 6.07) is 2.78. The van der Waals surface area contributed by atoms with E-state index in [1.165, 1.54) is 38.5 Å². The summed E-state index contributed by atoms with van der Waals surface area (Å²) in [5, 5.41) is 18.5. The Balaban J connectivity index is 2.09. The highest BCUT2D eigenvalue weighted by atomic mass is 15.2. The first-order valence-electron chi connectivity index (χ1n) is 7.97. The molecule has 0 aliphatic heterocycles. The molecule has 2 fully saturated rings. The summed E-state index contributed by atoms with van der Waals surface area (Å²) < 4.78 is 0. The van der Waals surface area contributed by atoms with Gasteiger partial charge in [0.2, 0.25) is 0 Å². The average molecular weight is 272 g/mol. The Hall–Kier alpha value is -1.55. The summed E-state index contributed by atoms with van der Waals surface area (Å²) >= 11 is 0. The van der Waals surface area contributed by atoms with Crippen LogP contribution in [0.5, 0.6) is 0 Å². The van der Waals surface area contributed by atoms with E-state index in [0.29, 0.717) is 11.9 Å². The van der Waals surface area contributed by atoms with E-state index in [0.717, 1.165) is 25.7 Å². The second kappa shape index (κ2) is 7.90. The topological polar surface area (TPSA) is 63.2 Å². The van der Waals surface area contributed by atoms with Crippen LogP contribution in [-0.4, -0.2) is 22.8 Å². The van der Waals surface area contributed by atoms with Crippen molar-refractivity contribution in [1.29, 1.82) is 10.5 Å². The number of nitriles is 2. The number of nitrogens with zero attached hydrogens (tertiary/aromatic N) is 4. The van der Waals surface area contributed by atoms with E-state index in [1.807, 2.05) is 0 Å². The van der Waals surface area contributed by atoms with Crippen LogP contribution >= 0.6 is 0 Å². The zero-order valence-corrected chi connectivity index (χ0v) is 12.2. The standard InChI is InChI=1S/C16H24N4/c17-12-11-16(19-14-7-3-1-4-8-14)20(13-18)15-9-5-2-6-10-15/h14-15H,1-11H2. The van der Waals surface area contributed by atoms with E-state index >= 15 is 0 Å². The molecule has 0 aromatic heterocycles. The number of hydrogen-bond acceptors (Lipinski definition) is 3. The summed E-state index contributed by atoms with van der Waals surface area (Å²) in [7, 11) is 0. The number of aliphatic imine (C=N–C) groups is 1. The van der Waals surface area contributed by atoms with Crippen molar-refractivity contribution in [3.63, 3.8) is 0 Å². The minimum atomic E-state index is 0.264. The van der Waals surface area contributed by atoms with Crippen molar-refractivity contribution < 1.29 is 0 Å². The fourth-order valence-electron chi connectivity index (χ4n) is 3.37. The molecule has 0 saturated heterocycles. The third-order valence-electron chi connectivity index (χ3n) is 4.47. The molecule has 20 heavy (non-hydrogen) atoms. The molecule has 0 aromatic rings. The van der Waals surface area contributed by atoms with Gasteiger partial charge < -0.3 is 0 Å². The zero-order chi connectivity index (χ0) is 14.2. The zero-order valence-electron chi connectivity index (χ0n) is 12.2. The molecular formula is C16H24N4. The second-order valence-corrected chi connectivity index (χ2v) is 5.93. The minimum Gasteiger partial charge on any atom is -0.267 e. The number of rotatable bonds is 3. The van der Waals surface area contributed by atoms with Gasteiger partial charge in [-0.1, -0.05) is 38.5 Å². The van der Waals surface area contributed by atoms with E-state index in [2.05, 4.69) is 12.3 Å². The fourth-order valence-corrected chi connectivity index (χ4v) is 3.37. The lowest BCUT2D eigenvalue weighted by Gasteiger charge is -2.31. The van der Waals surface area contributed by atoms with E-state index in [4.69, 9.17) is 10.3 Å². The van der Waals surface area contributed by atoms with Crippen molar-refractivity contribution in [3.8, 4) is 12.3 Å². The first kappa shape index (κ1) is 14.9. The molecule has 4 nitrogen and oxygen atoms in total. The molecule has 0 radical (unpaired) electrons. The molecule has 108 valence electrons. The Kier molecular flexibility index (Phi) is 5.87. The van der Waals surface area contributed by atoms with Gasteiger partial charge in [0.05, 0.1) is 18.5 Å². The van der Waals surface area contributed by atoms with Gasteiger partial charge in [0.1, 0.15) is 5.84 Å². The van der Waals surface area contributed by atoms with Gasteiger partial charge in [0, 0.05) is 6.04 Å². The molecule has 0 spiro atoms. The summed E-state index contributed by atoms with van der Waals surface area (Å²) in [5.41, 5.74) is 0. The van der Waals surface area contributed by atoms with E-state index in [1.54, 1.807) is 4.90 Å². The van der Waals surface area contributed by atoms with E-state index in [9.17, 15) is 5.26 Å². The first-order valence-corrected chi connectivity index (χ1v) is 7.97. The Bertz CT molecular complexity index is 403. The lowest BCUT2D eigenvalue weighted by Crippen LogP contribution is -2.38. The van der Waals surface area contributed by atoms with Gasteiger partial charge in [0.15, 0.2) is 6.19 Å². The molecule has 0 bridgehead atoms. The molecule has 4 heteroatoms. The van der Waals surface area contributed by atoms with Crippen LogP contribution in [0, 0.1) is 22.8 Å². The van der Waals surface area contributed by atoms with Gasteiger partial charge in [-0.3, -0.25) is 9.89 Å². The Labute approximate surface area is 122 Å². The van der Waals surface area contributed by atoms with Crippen molar-refractivity contribution in [3.05, 3.63) is 0 Å². The summed E-state index contributed by atoms with van der Waals surface area (Å²) in [6.45, 7) is 0. The van der Waals surface area contributed by atoms with E-state index < -0.39 is 0 Å². The van der Waals surface area contributed by atoms with E-state index in [-0.39, 0.29) is 12.5 Å². The maximum Gasteiger partial charge on any atom is 0.185 e. The highest BCUT2D eigenvalue weighted by Crippen LogP contribution is 2.25. The minimum absolute atomic E-state index is 0.264. The van der Waals surface area contributed by atoms with Crippen molar-refractivity contribution in [1.82, 2.24) is 4.90 Å². The summed E-state index contributed by atoms with van der Waals surface area (Å²) in [4.78, 5) is 6.52. The predicted octanol–water partition coefficient (Wildman–Crippen LogP) is 3.75. The van der Waals surface area contributed by atoms with Crippen LogP contribution in [0.2, 0.25) is 0 Å². The molecule has 2 rings (SSSR count). The predicted molar refractivity (Wildman–Crippen MR) is 78.9 cm³/mol. The molecule has 0 N–H and O–H groups in total. The van der Waals surface area contributed by atoms with Crippen molar-refractivity contribution in [2.24, 2.45) is 4.99 Å². The molecule has 0 heterocycles. The van der Waals surface area contributed by atoms with Crippen molar-refractivity contribution >= 4 is 5.84 Å². The van der Waals surface area contributed by atoms with Gasteiger partial charge in [-0.15, -0.1) is 0 Å². The second-order valence-electron chi connectivity index (χ2n) is 5.93. The quantitative estimate of drug-likeness (QED) is 0.340. The smallest absolute Gasteiger partial charge is 0.185 e. The van der Waals surface area contributed by atoms with Crippen LogP contribution < -0.4 is 0 Å². The van der Waals surface area contributed by atoms with Crippen LogP contribution in [0.25, 0.3) is 0 Å². The lowest BCUT2D eigenvalue weighted by molar-refractivity contribution is 0.303. The highest BCUT2D eigenvalue weighted by molar-refractivity contribution is 5.86. The summed E-state index contributed by atoms with van der Waals surface area (Å²) in [5.74, 6) is 0.716. The monoisotopic (exact) mass is 272 g/mol. The highest BCUT2D eigenvalue weighted by Gasteiger charge is 2.25. The van der Waals surface area contributed by atoms with Gasteiger partial charge in [-0.2, -0.15) is 10.5 Å². The third kappa shape index (κ3) is 3.97. The fraction of sp³-hybridized carbons (Fsp3) is 0.812. The van der Waals surface area contributed by atoms with Crippen LogP contribution in [0.3, 0.4) is 0 Å².